The summed E-state index contributed by atoms with van der Waals surface area (Å²) in [5.41, 5.74) is 1.39. The van der Waals surface area contributed by atoms with Crippen LogP contribution in [0.25, 0.3) is 0 Å². The number of methoxy groups -OCH3 is 1. The SMILES string of the molecule is COc1nn(C)cc1C(=O)N1CCN(c2ccc(C)nn2)CC1. The summed E-state index contributed by atoms with van der Waals surface area (Å²) in [5, 5.41) is 12.4. The molecule has 0 bridgehead atoms. The maximum absolute atomic E-state index is 12.6. The van der Waals surface area contributed by atoms with Crippen molar-refractivity contribution >= 4 is 11.7 Å². The molecular formula is C15H20N6O2. The second-order valence-corrected chi connectivity index (χ2v) is 5.54. The molecule has 2 aromatic rings. The average molecular weight is 316 g/mol. The minimum absolute atomic E-state index is 0.0513. The molecular weight excluding hydrogens is 296 g/mol. The molecule has 2 aromatic heterocycles. The summed E-state index contributed by atoms with van der Waals surface area (Å²) in [5.74, 6) is 1.16. The van der Waals surface area contributed by atoms with Gasteiger partial charge in [0.2, 0.25) is 5.88 Å². The highest BCUT2D eigenvalue weighted by Gasteiger charge is 2.26. The molecule has 0 aliphatic carbocycles. The van der Waals surface area contributed by atoms with Crippen molar-refractivity contribution in [1.82, 2.24) is 24.9 Å². The van der Waals surface area contributed by atoms with Crippen molar-refractivity contribution in [2.45, 2.75) is 6.92 Å². The van der Waals surface area contributed by atoms with E-state index in [9.17, 15) is 4.79 Å². The Morgan fingerprint density at radius 3 is 2.52 bits per heavy atom. The smallest absolute Gasteiger partial charge is 0.261 e. The Labute approximate surface area is 134 Å². The predicted molar refractivity (Wildman–Crippen MR) is 84.6 cm³/mol. The summed E-state index contributed by atoms with van der Waals surface area (Å²) in [6.45, 7) is 4.63. The van der Waals surface area contributed by atoms with Gasteiger partial charge >= 0.3 is 0 Å². The molecule has 1 saturated heterocycles. The molecule has 23 heavy (non-hydrogen) atoms. The van der Waals surface area contributed by atoms with Gasteiger partial charge in [0.1, 0.15) is 5.56 Å². The lowest BCUT2D eigenvalue weighted by Crippen LogP contribution is -2.49. The molecule has 1 fully saturated rings. The molecule has 0 saturated carbocycles. The first-order valence-electron chi connectivity index (χ1n) is 7.50. The molecule has 0 radical (unpaired) electrons. The molecule has 0 unspecified atom stereocenters. The van der Waals surface area contributed by atoms with E-state index in [0.29, 0.717) is 24.5 Å². The molecule has 1 aliphatic heterocycles. The largest absolute Gasteiger partial charge is 0.479 e. The van der Waals surface area contributed by atoms with Crippen LogP contribution in [-0.2, 0) is 7.05 Å². The number of aromatic nitrogens is 4. The fraction of sp³-hybridized carbons (Fsp3) is 0.467. The van der Waals surface area contributed by atoms with Crippen LogP contribution in [0, 0.1) is 6.92 Å². The van der Waals surface area contributed by atoms with E-state index in [-0.39, 0.29) is 5.91 Å². The Balaban J connectivity index is 1.66. The Bertz CT molecular complexity index is 688. The number of nitrogens with zero attached hydrogens (tertiary/aromatic N) is 6. The summed E-state index contributed by atoms with van der Waals surface area (Å²) in [7, 11) is 3.29. The number of amides is 1. The third kappa shape index (κ3) is 3.10. The van der Waals surface area contributed by atoms with Gasteiger partial charge in [0.05, 0.1) is 12.8 Å². The second kappa shape index (κ2) is 6.23. The first-order chi connectivity index (χ1) is 11.1. The Kier molecular flexibility index (Phi) is 4.14. The van der Waals surface area contributed by atoms with Gasteiger partial charge in [-0.3, -0.25) is 9.48 Å². The highest BCUT2D eigenvalue weighted by atomic mass is 16.5. The molecule has 3 heterocycles. The van der Waals surface area contributed by atoms with Crippen LogP contribution < -0.4 is 9.64 Å². The van der Waals surface area contributed by atoms with E-state index in [1.54, 1.807) is 17.9 Å². The summed E-state index contributed by atoms with van der Waals surface area (Å²) in [4.78, 5) is 16.6. The first-order valence-corrected chi connectivity index (χ1v) is 7.50. The fourth-order valence-corrected chi connectivity index (χ4v) is 2.64. The number of aryl methyl sites for hydroxylation is 2. The number of carbonyl (C=O) groups is 1. The molecule has 1 amide bonds. The van der Waals surface area contributed by atoms with Gasteiger partial charge in [-0.15, -0.1) is 10.2 Å². The fourth-order valence-electron chi connectivity index (χ4n) is 2.64. The van der Waals surface area contributed by atoms with Crippen LogP contribution in [-0.4, -0.2) is 64.1 Å². The third-order valence-corrected chi connectivity index (χ3v) is 3.89. The van der Waals surface area contributed by atoms with Gasteiger partial charge in [-0.05, 0) is 19.1 Å². The van der Waals surface area contributed by atoms with Crippen molar-refractivity contribution in [2.75, 3.05) is 38.2 Å². The van der Waals surface area contributed by atoms with E-state index in [1.165, 1.54) is 7.11 Å². The van der Waals surface area contributed by atoms with Gasteiger partial charge in [-0.1, -0.05) is 0 Å². The van der Waals surface area contributed by atoms with Crippen molar-refractivity contribution in [3.8, 4) is 5.88 Å². The van der Waals surface area contributed by atoms with E-state index >= 15 is 0 Å². The number of carbonyl (C=O) groups excluding carboxylic acids is 1. The number of ether oxygens (including phenoxy) is 1. The molecule has 122 valence electrons. The monoisotopic (exact) mass is 316 g/mol. The van der Waals surface area contributed by atoms with E-state index in [2.05, 4.69) is 20.2 Å². The van der Waals surface area contributed by atoms with Gasteiger partial charge in [-0.2, -0.15) is 5.10 Å². The van der Waals surface area contributed by atoms with Crippen LogP contribution in [0.1, 0.15) is 16.1 Å². The Morgan fingerprint density at radius 1 is 1.17 bits per heavy atom. The van der Waals surface area contributed by atoms with E-state index in [0.717, 1.165) is 24.6 Å². The second-order valence-electron chi connectivity index (χ2n) is 5.54. The Hall–Kier alpha value is -2.64. The van der Waals surface area contributed by atoms with Crippen molar-refractivity contribution in [2.24, 2.45) is 7.05 Å². The number of piperazine rings is 1. The van der Waals surface area contributed by atoms with Crippen LogP contribution in [0.4, 0.5) is 5.82 Å². The van der Waals surface area contributed by atoms with E-state index < -0.39 is 0 Å². The standard InChI is InChI=1S/C15H20N6O2/c1-11-4-5-13(17-16-11)20-6-8-21(9-7-20)15(22)12-10-19(2)18-14(12)23-3/h4-5,10H,6-9H2,1-3H3. The van der Waals surface area contributed by atoms with E-state index in [4.69, 9.17) is 4.74 Å². The topological polar surface area (TPSA) is 76.4 Å². The van der Waals surface area contributed by atoms with E-state index in [1.807, 2.05) is 24.0 Å². The van der Waals surface area contributed by atoms with Gasteiger partial charge in [0.15, 0.2) is 5.82 Å². The zero-order valence-electron chi connectivity index (χ0n) is 13.6. The van der Waals surface area contributed by atoms with Crippen LogP contribution in [0.2, 0.25) is 0 Å². The molecule has 8 nitrogen and oxygen atoms in total. The van der Waals surface area contributed by atoms with Crippen LogP contribution >= 0.6 is 0 Å². The molecule has 0 atom stereocenters. The van der Waals surface area contributed by atoms with Crippen LogP contribution in [0.15, 0.2) is 18.3 Å². The molecule has 0 aromatic carbocycles. The minimum Gasteiger partial charge on any atom is -0.479 e. The third-order valence-electron chi connectivity index (χ3n) is 3.89. The van der Waals surface area contributed by atoms with Crippen LogP contribution in [0.3, 0.4) is 0 Å². The summed E-state index contributed by atoms with van der Waals surface area (Å²) < 4.78 is 6.76. The quantitative estimate of drug-likeness (QED) is 0.820. The molecule has 8 heteroatoms. The Morgan fingerprint density at radius 2 is 1.91 bits per heavy atom. The maximum Gasteiger partial charge on any atom is 0.261 e. The van der Waals surface area contributed by atoms with Crippen molar-refractivity contribution < 1.29 is 9.53 Å². The van der Waals surface area contributed by atoms with Crippen molar-refractivity contribution in [1.29, 1.82) is 0 Å². The van der Waals surface area contributed by atoms with Gasteiger partial charge in [-0.25, -0.2) is 0 Å². The van der Waals surface area contributed by atoms with Gasteiger partial charge in [0, 0.05) is 39.4 Å². The molecule has 0 spiro atoms. The molecule has 0 N–H and O–H groups in total. The van der Waals surface area contributed by atoms with Gasteiger partial charge in [0.25, 0.3) is 5.91 Å². The van der Waals surface area contributed by atoms with Crippen molar-refractivity contribution in [3.05, 3.63) is 29.6 Å². The van der Waals surface area contributed by atoms with Crippen LogP contribution in [0.5, 0.6) is 5.88 Å². The lowest BCUT2D eigenvalue weighted by Gasteiger charge is -2.35. The zero-order valence-corrected chi connectivity index (χ0v) is 13.6. The number of hydrogen-bond acceptors (Lipinski definition) is 6. The lowest BCUT2D eigenvalue weighted by molar-refractivity contribution is 0.0743. The van der Waals surface area contributed by atoms with Crippen molar-refractivity contribution in [3.63, 3.8) is 0 Å². The maximum atomic E-state index is 12.6. The van der Waals surface area contributed by atoms with Gasteiger partial charge < -0.3 is 14.5 Å². The number of rotatable bonds is 3. The normalized spacial score (nSPS) is 14.9. The minimum atomic E-state index is -0.0513. The molecule has 3 rings (SSSR count). The zero-order chi connectivity index (χ0) is 16.4. The highest BCUT2D eigenvalue weighted by molar-refractivity contribution is 5.96. The summed E-state index contributed by atoms with van der Waals surface area (Å²) in [6.07, 6.45) is 1.69. The lowest BCUT2D eigenvalue weighted by atomic mass is 10.2. The predicted octanol–water partition coefficient (Wildman–Crippen LogP) is 0.490. The highest BCUT2D eigenvalue weighted by Crippen LogP contribution is 2.19. The number of hydrogen-bond donors (Lipinski definition) is 0. The first kappa shape index (κ1) is 15.3. The number of anilines is 1. The summed E-state index contributed by atoms with van der Waals surface area (Å²) >= 11 is 0. The average Bonchev–Trinajstić information content (AvgIpc) is 2.96. The molecule has 1 aliphatic rings. The summed E-state index contributed by atoms with van der Waals surface area (Å²) in [6, 6.07) is 3.91.